The summed E-state index contributed by atoms with van der Waals surface area (Å²) < 4.78 is 15.1. The van der Waals surface area contributed by atoms with Crippen LogP contribution in [-0.4, -0.2) is 43.6 Å². The third kappa shape index (κ3) is 5.40. The van der Waals surface area contributed by atoms with Crippen LogP contribution < -0.4 is 14.2 Å². The third-order valence-corrected chi connectivity index (χ3v) is 3.00. The van der Waals surface area contributed by atoms with Gasteiger partial charge in [0, 0.05) is 0 Å². The molecule has 8 heteroatoms. The van der Waals surface area contributed by atoms with E-state index >= 15 is 0 Å². The average Bonchev–Trinajstić information content (AvgIpc) is 2.67. The lowest BCUT2D eigenvalue weighted by Crippen LogP contribution is -2.04. The standard InChI is InChI=1S/C10H12O6.C7H6O2/c1-13-7-4-6(10(11)16-12)5-8(14-2)9(7)15-3;8-7(9)6-4-2-1-3-5-6/h4-5,12H,1-3H3;1-5H,(H,8,9). The van der Waals surface area contributed by atoms with Gasteiger partial charge in [0.2, 0.25) is 5.75 Å². The summed E-state index contributed by atoms with van der Waals surface area (Å²) in [4.78, 5) is 24.9. The zero-order chi connectivity index (χ0) is 18.8. The minimum absolute atomic E-state index is 0.0944. The smallest absolute Gasteiger partial charge is 0.373 e. The summed E-state index contributed by atoms with van der Waals surface area (Å²) in [6.45, 7) is 0. The summed E-state index contributed by atoms with van der Waals surface area (Å²) in [5.41, 5.74) is 0.425. The van der Waals surface area contributed by atoms with E-state index in [1.807, 2.05) is 0 Å². The first-order valence-electron chi connectivity index (χ1n) is 6.92. The summed E-state index contributed by atoms with van der Waals surface area (Å²) in [5.74, 6) is -0.807. The van der Waals surface area contributed by atoms with Crippen molar-refractivity contribution in [1.29, 1.82) is 0 Å². The van der Waals surface area contributed by atoms with Crippen molar-refractivity contribution >= 4 is 11.9 Å². The number of carbonyl (C=O) groups is 2. The number of carboxylic acid groups (broad SMARTS) is 1. The highest BCUT2D eigenvalue weighted by Crippen LogP contribution is 2.38. The molecular weight excluding hydrogens is 332 g/mol. The van der Waals surface area contributed by atoms with Crippen LogP contribution >= 0.6 is 0 Å². The zero-order valence-corrected chi connectivity index (χ0v) is 13.9. The fourth-order valence-corrected chi connectivity index (χ4v) is 1.83. The highest BCUT2D eigenvalue weighted by atomic mass is 17.1. The van der Waals surface area contributed by atoms with Crippen molar-refractivity contribution in [3.63, 3.8) is 0 Å². The molecule has 0 aliphatic heterocycles. The Morgan fingerprint density at radius 1 is 0.840 bits per heavy atom. The van der Waals surface area contributed by atoms with Gasteiger partial charge in [0.05, 0.1) is 32.5 Å². The minimum atomic E-state index is -0.903. The fourth-order valence-electron chi connectivity index (χ4n) is 1.83. The monoisotopic (exact) mass is 350 g/mol. The van der Waals surface area contributed by atoms with Crippen LogP contribution in [0.2, 0.25) is 0 Å². The molecule has 0 saturated heterocycles. The molecule has 8 nitrogen and oxygen atoms in total. The fraction of sp³-hybridized carbons (Fsp3) is 0.176. The van der Waals surface area contributed by atoms with Gasteiger partial charge < -0.3 is 19.3 Å². The summed E-state index contributed by atoms with van der Waals surface area (Å²) in [6.07, 6.45) is 0. The van der Waals surface area contributed by atoms with Gasteiger partial charge in [0.25, 0.3) is 0 Å². The second-order valence-electron chi connectivity index (χ2n) is 4.46. The normalized spacial score (nSPS) is 9.28. The van der Waals surface area contributed by atoms with Gasteiger partial charge in [-0.15, -0.1) is 0 Å². The molecule has 2 rings (SSSR count). The number of hydrogen-bond acceptors (Lipinski definition) is 7. The first-order valence-corrected chi connectivity index (χ1v) is 6.92. The lowest BCUT2D eigenvalue weighted by Gasteiger charge is -2.12. The molecule has 2 N–H and O–H groups in total. The van der Waals surface area contributed by atoms with Crippen LogP contribution in [0.3, 0.4) is 0 Å². The van der Waals surface area contributed by atoms with Crippen molar-refractivity contribution in [3.05, 3.63) is 53.6 Å². The Morgan fingerprint density at radius 3 is 1.68 bits per heavy atom. The Hall–Kier alpha value is -3.26. The highest BCUT2D eigenvalue weighted by molar-refractivity contribution is 5.90. The van der Waals surface area contributed by atoms with Gasteiger partial charge in [-0.2, -0.15) is 5.26 Å². The van der Waals surface area contributed by atoms with E-state index < -0.39 is 11.9 Å². The number of ether oxygens (including phenoxy) is 3. The molecule has 0 radical (unpaired) electrons. The first kappa shape index (κ1) is 19.8. The summed E-state index contributed by atoms with van der Waals surface area (Å²) in [7, 11) is 4.29. The Morgan fingerprint density at radius 2 is 1.36 bits per heavy atom. The van der Waals surface area contributed by atoms with Crippen molar-refractivity contribution in [1.82, 2.24) is 0 Å². The predicted molar refractivity (Wildman–Crippen MR) is 87.5 cm³/mol. The lowest BCUT2D eigenvalue weighted by molar-refractivity contribution is -0.182. The number of carboxylic acids is 1. The number of carbonyl (C=O) groups excluding carboxylic acids is 1. The first-order chi connectivity index (χ1) is 12.0. The molecule has 0 aliphatic carbocycles. The topological polar surface area (TPSA) is 112 Å². The van der Waals surface area contributed by atoms with E-state index in [4.69, 9.17) is 24.6 Å². The Kier molecular flexibility index (Phi) is 7.74. The van der Waals surface area contributed by atoms with Gasteiger partial charge in [-0.3, -0.25) is 4.89 Å². The maximum Gasteiger partial charge on any atom is 0.373 e. The molecule has 0 aliphatic rings. The van der Waals surface area contributed by atoms with E-state index in [0.29, 0.717) is 22.8 Å². The van der Waals surface area contributed by atoms with Crippen molar-refractivity contribution in [2.24, 2.45) is 0 Å². The van der Waals surface area contributed by atoms with Crippen molar-refractivity contribution in [3.8, 4) is 17.2 Å². The third-order valence-electron chi connectivity index (χ3n) is 3.00. The number of rotatable bonds is 5. The van der Waals surface area contributed by atoms with Gasteiger partial charge in [0.1, 0.15) is 0 Å². The average molecular weight is 350 g/mol. The number of aromatic carboxylic acids is 1. The SMILES string of the molecule is COc1cc(C(=O)OO)cc(OC)c1OC.O=C(O)c1ccccc1. The summed E-state index contributed by atoms with van der Waals surface area (Å²) >= 11 is 0. The molecule has 0 bridgehead atoms. The molecular formula is C17H18O8. The van der Waals surface area contributed by atoms with Crippen molar-refractivity contribution < 1.29 is 39.1 Å². The van der Waals surface area contributed by atoms with Crippen LogP contribution in [0.5, 0.6) is 17.2 Å². The molecule has 25 heavy (non-hydrogen) atoms. The Labute approximate surface area is 144 Å². The quantitative estimate of drug-likeness (QED) is 0.625. The van der Waals surface area contributed by atoms with Gasteiger partial charge >= 0.3 is 11.9 Å². The van der Waals surface area contributed by atoms with Gasteiger partial charge in [-0.25, -0.2) is 9.59 Å². The second kappa shape index (κ2) is 9.78. The molecule has 0 aromatic heterocycles. The molecule has 0 spiro atoms. The Bertz CT molecular complexity index is 687. The van der Waals surface area contributed by atoms with Crippen molar-refractivity contribution in [2.45, 2.75) is 0 Å². The van der Waals surface area contributed by atoms with Crippen LogP contribution in [-0.2, 0) is 4.89 Å². The van der Waals surface area contributed by atoms with Crippen LogP contribution in [0.15, 0.2) is 42.5 Å². The predicted octanol–water partition coefficient (Wildman–Crippen LogP) is 2.73. The van der Waals surface area contributed by atoms with Gasteiger partial charge in [-0.1, -0.05) is 18.2 Å². The molecule has 134 valence electrons. The van der Waals surface area contributed by atoms with Crippen molar-refractivity contribution in [2.75, 3.05) is 21.3 Å². The molecule has 0 saturated carbocycles. The van der Waals surface area contributed by atoms with E-state index in [1.165, 1.54) is 33.5 Å². The largest absolute Gasteiger partial charge is 0.493 e. The van der Waals surface area contributed by atoms with E-state index in [0.717, 1.165) is 0 Å². The number of benzene rings is 2. The maximum atomic E-state index is 11.1. The van der Waals surface area contributed by atoms with Gasteiger partial charge in [0.15, 0.2) is 11.5 Å². The Balaban J connectivity index is 0.000000293. The number of hydrogen-bond donors (Lipinski definition) is 2. The molecule has 0 heterocycles. The van der Waals surface area contributed by atoms with E-state index in [1.54, 1.807) is 30.3 Å². The molecule has 0 amide bonds. The second-order valence-corrected chi connectivity index (χ2v) is 4.46. The molecule has 0 atom stereocenters. The van der Waals surface area contributed by atoms with Crippen LogP contribution in [0.4, 0.5) is 0 Å². The molecule has 0 unspecified atom stereocenters. The van der Waals surface area contributed by atoms with Crippen LogP contribution in [0.25, 0.3) is 0 Å². The van der Waals surface area contributed by atoms with Gasteiger partial charge in [-0.05, 0) is 24.3 Å². The van der Waals surface area contributed by atoms with E-state index in [9.17, 15) is 9.59 Å². The zero-order valence-electron chi connectivity index (χ0n) is 13.9. The maximum absolute atomic E-state index is 11.1. The molecule has 2 aromatic rings. The molecule has 0 fully saturated rings. The summed E-state index contributed by atoms with van der Waals surface area (Å²) in [5, 5.41) is 16.7. The molecule has 2 aromatic carbocycles. The number of methoxy groups -OCH3 is 3. The van der Waals surface area contributed by atoms with Crippen LogP contribution in [0, 0.1) is 0 Å². The van der Waals surface area contributed by atoms with Crippen LogP contribution in [0.1, 0.15) is 20.7 Å². The van der Waals surface area contributed by atoms with E-state index in [2.05, 4.69) is 4.89 Å². The summed E-state index contributed by atoms with van der Waals surface area (Å²) in [6, 6.07) is 11.0. The van der Waals surface area contributed by atoms with E-state index in [-0.39, 0.29) is 5.56 Å². The minimum Gasteiger partial charge on any atom is -0.493 e. The highest BCUT2D eigenvalue weighted by Gasteiger charge is 2.17. The lowest BCUT2D eigenvalue weighted by atomic mass is 10.2.